The van der Waals surface area contributed by atoms with Gasteiger partial charge in [0.15, 0.2) is 0 Å². The smallest absolute Gasteiger partial charge is 0.254 e. The van der Waals surface area contributed by atoms with Crippen molar-refractivity contribution in [2.24, 2.45) is 5.92 Å². The number of fused-ring (bicyclic) bond motifs is 1. The van der Waals surface area contributed by atoms with E-state index in [0.29, 0.717) is 18.2 Å². The largest absolute Gasteiger partial charge is 0.371 e. The van der Waals surface area contributed by atoms with Crippen molar-refractivity contribution >= 4 is 23.2 Å². The van der Waals surface area contributed by atoms with Gasteiger partial charge in [-0.3, -0.25) is 9.69 Å². The van der Waals surface area contributed by atoms with Gasteiger partial charge in [0, 0.05) is 63.3 Å². The Balaban J connectivity index is 1.07. The first-order valence-electron chi connectivity index (χ1n) is 11.4. The van der Waals surface area contributed by atoms with Crippen LogP contribution in [0.5, 0.6) is 0 Å². The third-order valence-corrected chi connectivity index (χ3v) is 6.42. The molecule has 0 saturated carbocycles. The minimum atomic E-state index is 0.120. The molecular weight excluding hydrogens is 404 g/mol. The summed E-state index contributed by atoms with van der Waals surface area (Å²) < 4.78 is 1.79. The number of aryl methyl sites for hydroxylation is 1. The van der Waals surface area contributed by atoms with Gasteiger partial charge in [-0.15, -0.1) is 0 Å². The van der Waals surface area contributed by atoms with Crippen molar-refractivity contribution in [3.05, 3.63) is 48.4 Å². The van der Waals surface area contributed by atoms with Crippen molar-refractivity contribution in [3.8, 4) is 0 Å². The number of carbonyl (C=O) groups excluding carboxylic acids is 1. The Labute approximate surface area is 188 Å². The number of para-hydroxylation sites is 1. The van der Waals surface area contributed by atoms with E-state index in [1.54, 1.807) is 4.52 Å². The molecule has 0 radical (unpaired) electrons. The minimum Gasteiger partial charge on any atom is -0.371 e. The summed E-state index contributed by atoms with van der Waals surface area (Å²) in [5, 5.41) is 7.47. The van der Waals surface area contributed by atoms with E-state index < -0.39 is 0 Å². The second-order valence-corrected chi connectivity index (χ2v) is 8.73. The van der Waals surface area contributed by atoms with Gasteiger partial charge in [0.1, 0.15) is 12.1 Å². The van der Waals surface area contributed by atoms with Gasteiger partial charge in [-0.25, -0.2) is 4.98 Å². The van der Waals surface area contributed by atoms with Crippen LogP contribution in [-0.2, 0) is 4.79 Å². The number of piperazine rings is 1. The molecule has 2 aliphatic heterocycles. The Bertz CT molecular complexity index is 1060. The predicted molar refractivity (Wildman–Crippen MR) is 124 cm³/mol. The van der Waals surface area contributed by atoms with Gasteiger partial charge in [-0.2, -0.15) is 14.6 Å². The molecule has 5 rings (SSSR count). The Morgan fingerprint density at radius 2 is 1.91 bits per heavy atom. The number of aromatic nitrogens is 4. The number of anilines is 2. The van der Waals surface area contributed by atoms with Crippen molar-refractivity contribution in [2.75, 3.05) is 62.2 Å². The summed E-state index contributed by atoms with van der Waals surface area (Å²) in [6.07, 6.45) is 2.66. The van der Waals surface area contributed by atoms with E-state index in [4.69, 9.17) is 0 Å². The maximum absolute atomic E-state index is 12.5. The lowest BCUT2D eigenvalue weighted by Crippen LogP contribution is -2.50. The van der Waals surface area contributed by atoms with Crippen LogP contribution in [0, 0.1) is 12.8 Å². The maximum Gasteiger partial charge on any atom is 0.254 e. The molecule has 1 atom stereocenters. The van der Waals surface area contributed by atoms with E-state index in [0.717, 1.165) is 63.7 Å². The van der Waals surface area contributed by atoms with E-state index in [1.165, 1.54) is 12.0 Å². The summed E-state index contributed by atoms with van der Waals surface area (Å²) in [7, 11) is 0. The predicted octanol–water partition coefficient (Wildman–Crippen LogP) is 1.20. The number of rotatable bonds is 6. The van der Waals surface area contributed by atoms with Gasteiger partial charge in [-0.1, -0.05) is 18.2 Å². The first kappa shape index (κ1) is 20.7. The van der Waals surface area contributed by atoms with Gasteiger partial charge >= 0.3 is 0 Å². The molecule has 1 aromatic carbocycles. The first-order chi connectivity index (χ1) is 15.7. The van der Waals surface area contributed by atoms with Crippen molar-refractivity contribution in [1.29, 1.82) is 0 Å². The quantitative estimate of drug-likeness (QED) is 0.624. The highest BCUT2D eigenvalue weighted by molar-refractivity contribution is 5.78. The monoisotopic (exact) mass is 434 g/mol. The van der Waals surface area contributed by atoms with Crippen LogP contribution in [0.25, 0.3) is 5.78 Å². The molecule has 1 N–H and O–H groups in total. The first-order valence-corrected chi connectivity index (χ1v) is 11.4. The SMILES string of the molecule is Cc1cc(N2CCN(CC(=O)NCC3CCN(c4ccccc4)C3)CC2)n2ncnc2n1. The third kappa shape index (κ3) is 4.52. The van der Waals surface area contributed by atoms with Gasteiger partial charge in [0.05, 0.1) is 6.54 Å². The molecule has 2 fully saturated rings. The van der Waals surface area contributed by atoms with Gasteiger partial charge in [0.25, 0.3) is 5.78 Å². The Hall–Kier alpha value is -3.20. The van der Waals surface area contributed by atoms with Gasteiger partial charge in [0.2, 0.25) is 5.91 Å². The molecule has 9 nitrogen and oxygen atoms in total. The Morgan fingerprint density at radius 3 is 2.72 bits per heavy atom. The lowest BCUT2D eigenvalue weighted by molar-refractivity contribution is -0.122. The average molecular weight is 435 g/mol. The van der Waals surface area contributed by atoms with Crippen LogP contribution in [-0.4, -0.2) is 82.7 Å². The van der Waals surface area contributed by atoms with E-state index >= 15 is 0 Å². The standard InChI is InChI=1S/C23H30N8O/c1-18-13-22(31-23(27-18)25-17-26-31)29-11-9-28(10-12-29)16-21(32)24-14-19-7-8-30(15-19)20-5-3-2-4-6-20/h2-6,13,17,19H,7-12,14-16H2,1H3,(H,24,32). The molecule has 32 heavy (non-hydrogen) atoms. The number of benzene rings is 1. The number of amides is 1. The fourth-order valence-electron chi connectivity index (χ4n) is 4.66. The van der Waals surface area contributed by atoms with Gasteiger partial charge in [-0.05, 0) is 31.4 Å². The molecule has 2 aromatic heterocycles. The summed E-state index contributed by atoms with van der Waals surface area (Å²) in [5.41, 5.74) is 2.20. The highest BCUT2D eigenvalue weighted by atomic mass is 16.2. The van der Waals surface area contributed by atoms with Crippen LogP contribution in [0.15, 0.2) is 42.7 Å². The summed E-state index contributed by atoms with van der Waals surface area (Å²) >= 11 is 0. The van der Waals surface area contributed by atoms with Crippen LogP contribution in [0.2, 0.25) is 0 Å². The zero-order chi connectivity index (χ0) is 21.9. The summed E-state index contributed by atoms with van der Waals surface area (Å²) in [4.78, 5) is 28.1. The molecular formula is C23H30N8O. The van der Waals surface area contributed by atoms with Crippen LogP contribution >= 0.6 is 0 Å². The van der Waals surface area contributed by atoms with E-state index in [-0.39, 0.29) is 5.91 Å². The van der Waals surface area contributed by atoms with Crippen molar-refractivity contribution in [3.63, 3.8) is 0 Å². The fraction of sp³-hybridized carbons (Fsp3) is 0.478. The lowest BCUT2D eigenvalue weighted by Gasteiger charge is -2.35. The molecule has 2 aliphatic rings. The van der Waals surface area contributed by atoms with Crippen molar-refractivity contribution in [2.45, 2.75) is 13.3 Å². The second kappa shape index (κ2) is 9.12. The van der Waals surface area contributed by atoms with Crippen LogP contribution in [0.4, 0.5) is 11.5 Å². The Morgan fingerprint density at radius 1 is 1.09 bits per heavy atom. The zero-order valence-electron chi connectivity index (χ0n) is 18.5. The van der Waals surface area contributed by atoms with Gasteiger partial charge < -0.3 is 15.1 Å². The number of hydrogen-bond donors (Lipinski definition) is 1. The van der Waals surface area contributed by atoms with Crippen LogP contribution < -0.4 is 15.1 Å². The molecule has 168 valence electrons. The molecule has 0 spiro atoms. The molecule has 0 bridgehead atoms. The molecule has 2 saturated heterocycles. The molecule has 0 aliphatic carbocycles. The number of nitrogens with one attached hydrogen (secondary N) is 1. The van der Waals surface area contributed by atoms with E-state index in [1.807, 2.05) is 19.1 Å². The lowest BCUT2D eigenvalue weighted by atomic mass is 10.1. The Kier molecular flexibility index (Phi) is 5.89. The number of hydrogen-bond acceptors (Lipinski definition) is 7. The molecule has 1 unspecified atom stereocenters. The highest BCUT2D eigenvalue weighted by Crippen LogP contribution is 2.23. The maximum atomic E-state index is 12.5. The highest BCUT2D eigenvalue weighted by Gasteiger charge is 2.25. The third-order valence-electron chi connectivity index (χ3n) is 6.42. The van der Waals surface area contributed by atoms with Crippen molar-refractivity contribution in [1.82, 2.24) is 29.8 Å². The van der Waals surface area contributed by atoms with E-state index in [9.17, 15) is 4.79 Å². The van der Waals surface area contributed by atoms with Crippen molar-refractivity contribution < 1.29 is 4.79 Å². The summed E-state index contributed by atoms with van der Waals surface area (Å²) in [6.45, 7) is 8.63. The van der Waals surface area contributed by atoms with Crippen LogP contribution in [0.3, 0.4) is 0 Å². The molecule has 3 aromatic rings. The van der Waals surface area contributed by atoms with Crippen LogP contribution in [0.1, 0.15) is 12.1 Å². The average Bonchev–Trinajstić information content (AvgIpc) is 3.48. The topological polar surface area (TPSA) is 81.9 Å². The summed E-state index contributed by atoms with van der Waals surface area (Å²) in [5.74, 6) is 2.27. The second-order valence-electron chi connectivity index (χ2n) is 8.73. The normalized spacial score (nSPS) is 19.6. The number of carbonyl (C=O) groups is 1. The fourth-order valence-corrected chi connectivity index (χ4v) is 4.66. The minimum absolute atomic E-state index is 0.120. The number of nitrogens with zero attached hydrogens (tertiary/aromatic N) is 7. The molecule has 9 heteroatoms. The van der Waals surface area contributed by atoms with E-state index in [2.05, 4.69) is 59.3 Å². The zero-order valence-corrected chi connectivity index (χ0v) is 18.5. The molecule has 1 amide bonds. The summed E-state index contributed by atoms with van der Waals surface area (Å²) in [6, 6.07) is 12.6. The molecule has 4 heterocycles.